The molecule has 2 aliphatic rings. The van der Waals surface area contributed by atoms with Gasteiger partial charge < -0.3 is 20.1 Å². The molecule has 0 unspecified atom stereocenters. The Balaban J connectivity index is 1.29. The molecule has 244 valence electrons. The third kappa shape index (κ3) is 6.39. The number of carbonyl (C=O) groups is 1. The Morgan fingerprint density at radius 1 is 1.06 bits per heavy atom. The molecule has 2 N–H and O–H groups in total. The van der Waals surface area contributed by atoms with Crippen molar-refractivity contribution in [2.45, 2.75) is 57.2 Å². The number of nitrogens with zero attached hydrogens (tertiary/aromatic N) is 6. The summed E-state index contributed by atoms with van der Waals surface area (Å²) in [6, 6.07) is 20.6. The number of pyridine rings is 1. The van der Waals surface area contributed by atoms with Gasteiger partial charge in [-0.1, -0.05) is 18.2 Å². The van der Waals surface area contributed by atoms with Gasteiger partial charge >= 0.3 is 5.69 Å². The highest BCUT2D eigenvalue weighted by Crippen LogP contribution is 2.32. The van der Waals surface area contributed by atoms with Gasteiger partial charge in [0.2, 0.25) is 0 Å². The van der Waals surface area contributed by atoms with Gasteiger partial charge in [-0.25, -0.2) is 9.78 Å². The third-order valence-corrected chi connectivity index (χ3v) is 9.26. The number of para-hydroxylation sites is 1. The summed E-state index contributed by atoms with van der Waals surface area (Å²) in [4.78, 5) is 36.4. The summed E-state index contributed by atoms with van der Waals surface area (Å²) in [6.07, 6.45) is 6.83. The molecular formula is C36H41N7O4. The predicted molar refractivity (Wildman–Crippen MR) is 180 cm³/mol. The second-order valence-corrected chi connectivity index (χ2v) is 12.8. The molecule has 2 atom stereocenters. The molecular weight excluding hydrogens is 594 g/mol. The number of anilines is 1. The molecule has 2 saturated heterocycles. The lowest BCUT2D eigenvalue weighted by molar-refractivity contribution is -0.128. The molecule has 1 amide bonds. The summed E-state index contributed by atoms with van der Waals surface area (Å²) < 4.78 is 14.7. The van der Waals surface area contributed by atoms with E-state index in [1.165, 1.54) is 0 Å². The molecule has 47 heavy (non-hydrogen) atoms. The lowest BCUT2D eigenvalue weighted by Crippen LogP contribution is -2.48. The van der Waals surface area contributed by atoms with E-state index in [0.717, 1.165) is 19.4 Å². The van der Waals surface area contributed by atoms with Gasteiger partial charge in [-0.05, 0) is 94.6 Å². The number of nitriles is 1. The van der Waals surface area contributed by atoms with Crippen LogP contribution in [0.2, 0.25) is 0 Å². The summed E-state index contributed by atoms with van der Waals surface area (Å²) >= 11 is 0. The number of nitrogens with two attached hydrogens (primary N) is 1. The Hall–Kier alpha value is -4.92. The van der Waals surface area contributed by atoms with Crippen LogP contribution < -0.4 is 16.2 Å². The first-order valence-corrected chi connectivity index (χ1v) is 16.1. The number of methoxy groups -OCH3 is 1. The zero-order valence-corrected chi connectivity index (χ0v) is 27.1. The molecule has 4 heterocycles. The third-order valence-electron chi connectivity index (χ3n) is 9.26. The van der Waals surface area contributed by atoms with Gasteiger partial charge in [0, 0.05) is 38.0 Å². The second kappa shape index (κ2) is 13.4. The van der Waals surface area contributed by atoms with Crippen molar-refractivity contribution >= 4 is 22.8 Å². The quantitative estimate of drug-likeness (QED) is 0.199. The van der Waals surface area contributed by atoms with Crippen molar-refractivity contribution in [2.24, 2.45) is 0 Å². The smallest absolute Gasteiger partial charge is 0.334 e. The largest absolute Gasteiger partial charge is 0.457 e. The first-order chi connectivity index (χ1) is 22.7. The number of amides is 1. The summed E-state index contributed by atoms with van der Waals surface area (Å²) in [5.41, 5.74) is 7.48. The summed E-state index contributed by atoms with van der Waals surface area (Å²) in [7, 11) is 1.70. The number of ether oxygens (including phenoxy) is 2. The number of carbonyl (C=O) groups excluding carboxylic acids is 1. The average molecular weight is 636 g/mol. The molecule has 6 rings (SSSR count). The fourth-order valence-electron chi connectivity index (χ4n) is 7.13. The van der Waals surface area contributed by atoms with Crippen LogP contribution in [-0.4, -0.2) is 74.8 Å². The van der Waals surface area contributed by atoms with Crippen LogP contribution in [0.4, 0.5) is 5.82 Å². The summed E-state index contributed by atoms with van der Waals surface area (Å²) in [6.45, 7) is 6.36. The number of nitrogen functional groups attached to an aromatic ring is 1. The molecule has 0 spiro atoms. The highest BCUT2D eigenvalue weighted by molar-refractivity contribution is 5.97. The van der Waals surface area contributed by atoms with E-state index in [-0.39, 0.29) is 35.1 Å². The molecule has 11 heteroatoms. The van der Waals surface area contributed by atoms with Crippen molar-refractivity contribution in [3.8, 4) is 23.3 Å². The van der Waals surface area contributed by atoms with Crippen LogP contribution in [-0.2, 0) is 9.53 Å². The van der Waals surface area contributed by atoms with Crippen molar-refractivity contribution in [3.05, 3.63) is 89.0 Å². The Morgan fingerprint density at radius 3 is 2.51 bits per heavy atom. The van der Waals surface area contributed by atoms with Gasteiger partial charge in [-0.2, -0.15) is 5.26 Å². The van der Waals surface area contributed by atoms with Gasteiger partial charge in [-0.15, -0.1) is 0 Å². The van der Waals surface area contributed by atoms with Gasteiger partial charge in [0.15, 0.2) is 0 Å². The van der Waals surface area contributed by atoms with Crippen LogP contribution in [0.25, 0.3) is 16.7 Å². The first kappa shape index (κ1) is 32.0. The van der Waals surface area contributed by atoms with E-state index in [1.807, 2.05) is 68.4 Å². The van der Waals surface area contributed by atoms with E-state index < -0.39 is 5.54 Å². The molecule has 2 fully saturated rings. The maximum absolute atomic E-state index is 14.2. The maximum Gasteiger partial charge on any atom is 0.334 e. The van der Waals surface area contributed by atoms with Gasteiger partial charge in [0.25, 0.3) is 5.91 Å². The summed E-state index contributed by atoms with van der Waals surface area (Å²) in [5, 5.41) is 10.1. The molecule has 11 nitrogen and oxygen atoms in total. The topological polar surface area (TPSA) is 132 Å². The number of likely N-dealkylation sites (tertiary alicyclic amines) is 2. The zero-order valence-electron chi connectivity index (χ0n) is 27.1. The Bertz CT molecular complexity index is 1870. The van der Waals surface area contributed by atoms with Crippen molar-refractivity contribution < 1.29 is 14.3 Å². The van der Waals surface area contributed by atoms with Crippen LogP contribution in [0.5, 0.6) is 11.5 Å². The minimum atomic E-state index is -0.508. The number of fused-ring (bicyclic) bond motifs is 1. The molecule has 0 aliphatic carbocycles. The summed E-state index contributed by atoms with van der Waals surface area (Å²) in [5.74, 6) is 1.26. The molecule has 2 aromatic carbocycles. The predicted octanol–water partition coefficient (Wildman–Crippen LogP) is 5.06. The first-order valence-electron chi connectivity index (χ1n) is 16.1. The molecule has 0 bridgehead atoms. The van der Waals surface area contributed by atoms with Crippen LogP contribution in [0.15, 0.2) is 83.3 Å². The molecule has 2 aromatic heterocycles. The lowest BCUT2D eigenvalue weighted by Gasteiger charge is -2.38. The Kier molecular flexibility index (Phi) is 9.16. The average Bonchev–Trinajstić information content (AvgIpc) is 3.67. The second-order valence-electron chi connectivity index (χ2n) is 12.8. The minimum Gasteiger partial charge on any atom is -0.457 e. The molecule has 0 saturated carbocycles. The van der Waals surface area contributed by atoms with Crippen LogP contribution >= 0.6 is 0 Å². The maximum atomic E-state index is 14.2. The Morgan fingerprint density at radius 2 is 1.79 bits per heavy atom. The number of hydrogen-bond donors (Lipinski definition) is 1. The molecule has 4 aromatic rings. The number of rotatable bonds is 9. The number of aromatic nitrogens is 3. The van der Waals surface area contributed by atoms with Gasteiger partial charge in [0.05, 0.1) is 23.9 Å². The van der Waals surface area contributed by atoms with Gasteiger partial charge in [0.1, 0.15) is 34.5 Å². The van der Waals surface area contributed by atoms with Crippen LogP contribution in [0, 0.1) is 11.3 Å². The molecule has 2 aliphatic heterocycles. The van der Waals surface area contributed by atoms with E-state index in [2.05, 4.69) is 16.0 Å². The highest BCUT2D eigenvalue weighted by atomic mass is 16.5. The van der Waals surface area contributed by atoms with E-state index in [0.29, 0.717) is 60.8 Å². The van der Waals surface area contributed by atoms with Crippen molar-refractivity contribution in [1.29, 1.82) is 5.26 Å². The number of imidazole rings is 1. The highest BCUT2D eigenvalue weighted by Gasteiger charge is 2.37. The number of benzene rings is 2. The molecule has 0 radical (unpaired) electrons. The van der Waals surface area contributed by atoms with Crippen LogP contribution in [0.1, 0.15) is 45.6 Å². The van der Waals surface area contributed by atoms with E-state index in [1.54, 1.807) is 39.5 Å². The fourth-order valence-corrected chi connectivity index (χ4v) is 7.13. The van der Waals surface area contributed by atoms with E-state index in [4.69, 9.17) is 15.2 Å². The monoisotopic (exact) mass is 635 g/mol. The van der Waals surface area contributed by atoms with Crippen LogP contribution in [0.3, 0.4) is 0 Å². The van der Waals surface area contributed by atoms with Crippen molar-refractivity contribution in [1.82, 2.24) is 23.9 Å². The van der Waals surface area contributed by atoms with Gasteiger partial charge in [-0.3, -0.25) is 18.8 Å². The Labute approximate surface area is 274 Å². The lowest BCUT2D eigenvalue weighted by atomic mass is 9.96. The normalized spacial score (nSPS) is 19.2. The SMILES string of the molecule is COC[C@H]1CCCN1C(C)(C)C=C(C#N)C(=O)N1CCC[C@@H](n2c(=O)n(-c3ccc(Oc4ccccc4)cc3)c3c(N)nccc32)C1. The zero-order chi connectivity index (χ0) is 33.1. The fraction of sp³-hybridized carbons (Fsp3) is 0.389. The van der Waals surface area contributed by atoms with E-state index >= 15 is 0 Å². The van der Waals surface area contributed by atoms with Crippen molar-refractivity contribution in [2.75, 3.05) is 39.1 Å². The minimum absolute atomic E-state index is 0.111. The number of piperidine rings is 1. The van der Waals surface area contributed by atoms with E-state index in [9.17, 15) is 14.9 Å². The standard InChI is InChI=1S/C36H41N7O4/c1-36(2,41-20-8-10-28(41)24-46-3)21-25(22-37)34(44)40-19-7-9-27(23-40)42-31-17-18-39-33(38)32(31)43(35(42)45)26-13-15-30(16-14-26)47-29-11-5-4-6-12-29/h4-6,11-18,21,27-28H,7-10,19-20,23-24H2,1-3H3,(H2,38,39)/t27-,28-/m1/s1. The number of hydrogen-bond acceptors (Lipinski definition) is 8. The van der Waals surface area contributed by atoms with Crippen molar-refractivity contribution in [3.63, 3.8) is 0 Å².